The van der Waals surface area contributed by atoms with Crippen LogP contribution in [0.1, 0.15) is 39.0 Å². The summed E-state index contributed by atoms with van der Waals surface area (Å²) in [5.74, 6) is 1.07. The number of thioether (sulfide) groups is 1. The smallest absolute Gasteiger partial charge is 0.317 e. The third kappa shape index (κ3) is 5.06. The van der Waals surface area contributed by atoms with E-state index in [1.54, 1.807) is 11.8 Å². The van der Waals surface area contributed by atoms with Crippen LogP contribution >= 0.6 is 11.8 Å². The van der Waals surface area contributed by atoms with E-state index in [2.05, 4.69) is 18.5 Å². The fourth-order valence-electron chi connectivity index (χ4n) is 2.38. The molecule has 5 heteroatoms. The maximum absolute atomic E-state index is 12.2. The Balaban J connectivity index is 2.42. The van der Waals surface area contributed by atoms with Gasteiger partial charge in [0.05, 0.1) is 0 Å². The minimum atomic E-state index is 0.0433. The zero-order chi connectivity index (χ0) is 13.4. The van der Waals surface area contributed by atoms with Crippen LogP contribution in [0.5, 0.6) is 0 Å². The summed E-state index contributed by atoms with van der Waals surface area (Å²) in [6.45, 7) is 3.04. The van der Waals surface area contributed by atoms with Gasteiger partial charge >= 0.3 is 6.03 Å². The summed E-state index contributed by atoms with van der Waals surface area (Å²) in [6, 6.07) is 0.486. The molecule has 0 unspecified atom stereocenters. The van der Waals surface area contributed by atoms with Crippen molar-refractivity contribution in [3.05, 3.63) is 0 Å². The first-order valence-electron chi connectivity index (χ1n) is 6.86. The Morgan fingerprint density at radius 2 is 2.33 bits per heavy atom. The second-order valence-corrected chi connectivity index (χ2v) is 5.97. The second kappa shape index (κ2) is 8.64. The van der Waals surface area contributed by atoms with Crippen LogP contribution in [0, 0.1) is 0 Å². The Morgan fingerprint density at radius 1 is 1.56 bits per heavy atom. The summed E-state index contributed by atoms with van der Waals surface area (Å²) in [5.41, 5.74) is 0. The van der Waals surface area contributed by atoms with Gasteiger partial charge in [0, 0.05) is 25.2 Å². The first-order chi connectivity index (χ1) is 8.69. The molecule has 1 heterocycles. The molecule has 0 radical (unpaired) electrons. The molecule has 2 N–H and O–H groups in total. The second-order valence-electron chi connectivity index (χ2n) is 4.99. The number of nitrogens with one attached hydrogen (secondary N) is 1. The molecule has 0 aliphatic carbocycles. The molecule has 2 amide bonds. The van der Waals surface area contributed by atoms with E-state index in [4.69, 9.17) is 5.11 Å². The fraction of sp³-hybridized carbons (Fsp3) is 0.923. The quantitative estimate of drug-likeness (QED) is 0.779. The van der Waals surface area contributed by atoms with Gasteiger partial charge in [-0.25, -0.2) is 4.79 Å². The summed E-state index contributed by atoms with van der Waals surface area (Å²) >= 11 is 1.80. The Labute approximate surface area is 115 Å². The van der Waals surface area contributed by atoms with E-state index in [-0.39, 0.29) is 24.7 Å². The van der Waals surface area contributed by atoms with Crippen molar-refractivity contribution < 1.29 is 9.90 Å². The molecule has 0 aromatic rings. The lowest BCUT2D eigenvalue weighted by molar-refractivity contribution is 0.130. The number of aliphatic hydroxyl groups is 1. The number of hydrogen-bond acceptors (Lipinski definition) is 3. The van der Waals surface area contributed by atoms with Crippen LogP contribution in [0.4, 0.5) is 4.79 Å². The molecule has 4 nitrogen and oxygen atoms in total. The Kier molecular flexibility index (Phi) is 7.51. The van der Waals surface area contributed by atoms with Gasteiger partial charge in [0.15, 0.2) is 0 Å². The van der Waals surface area contributed by atoms with Crippen LogP contribution < -0.4 is 5.32 Å². The average Bonchev–Trinajstić information content (AvgIpc) is 2.37. The van der Waals surface area contributed by atoms with Crippen molar-refractivity contribution >= 4 is 17.8 Å². The van der Waals surface area contributed by atoms with E-state index in [9.17, 15) is 4.79 Å². The molecular formula is C13H26N2O2S. The van der Waals surface area contributed by atoms with Gasteiger partial charge in [-0.05, 0) is 51.0 Å². The predicted octanol–water partition coefficient (Wildman–Crippen LogP) is 2.07. The van der Waals surface area contributed by atoms with Gasteiger partial charge in [-0.2, -0.15) is 11.8 Å². The predicted molar refractivity (Wildman–Crippen MR) is 77.0 cm³/mol. The SMILES string of the molecule is CSCC[C@@H](C)NC(=O)N1CCCC[C@H]1CCO. The molecule has 2 atom stereocenters. The summed E-state index contributed by atoms with van der Waals surface area (Å²) in [4.78, 5) is 14.1. The number of likely N-dealkylation sites (tertiary alicyclic amines) is 1. The average molecular weight is 274 g/mol. The van der Waals surface area contributed by atoms with Crippen LogP contribution in [-0.4, -0.2) is 53.3 Å². The number of nitrogens with zero attached hydrogens (tertiary/aromatic N) is 1. The highest BCUT2D eigenvalue weighted by atomic mass is 32.2. The van der Waals surface area contributed by atoms with Crippen molar-refractivity contribution in [1.82, 2.24) is 10.2 Å². The van der Waals surface area contributed by atoms with Gasteiger partial charge in [0.25, 0.3) is 0 Å². The van der Waals surface area contributed by atoms with Gasteiger partial charge in [-0.3, -0.25) is 0 Å². The summed E-state index contributed by atoms with van der Waals surface area (Å²) in [6.07, 6.45) is 7.05. The van der Waals surface area contributed by atoms with E-state index in [0.717, 1.165) is 38.0 Å². The lowest BCUT2D eigenvalue weighted by Gasteiger charge is -2.36. The normalized spacial score (nSPS) is 21.7. The highest BCUT2D eigenvalue weighted by Crippen LogP contribution is 2.19. The zero-order valence-electron chi connectivity index (χ0n) is 11.5. The van der Waals surface area contributed by atoms with Gasteiger partial charge in [-0.15, -0.1) is 0 Å². The molecule has 18 heavy (non-hydrogen) atoms. The molecule has 1 fully saturated rings. The molecular weight excluding hydrogens is 248 g/mol. The van der Waals surface area contributed by atoms with E-state index in [0.29, 0.717) is 6.42 Å². The molecule has 0 aromatic heterocycles. The number of rotatable bonds is 6. The maximum Gasteiger partial charge on any atom is 0.317 e. The fourth-order valence-corrected chi connectivity index (χ4v) is 2.97. The Morgan fingerprint density at radius 3 is 3.00 bits per heavy atom. The summed E-state index contributed by atoms with van der Waals surface area (Å²) < 4.78 is 0. The van der Waals surface area contributed by atoms with E-state index >= 15 is 0 Å². The molecule has 1 saturated heterocycles. The molecule has 1 aliphatic heterocycles. The van der Waals surface area contributed by atoms with Crippen LogP contribution in [0.2, 0.25) is 0 Å². The zero-order valence-corrected chi connectivity index (χ0v) is 12.3. The van der Waals surface area contributed by atoms with Crippen molar-refractivity contribution in [3.8, 4) is 0 Å². The van der Waals surface area contributed by atoms with Crippen molar-refractivity contribution in [1.29, 1.82) is 0 Å². The lowest BCUT2D eigenvalue weighted by atomic mass is 10.00. The van der Waals surface area contributed by atoms with Crippen molar-refractivity contribution in [2.75, 3.05) is 25.2 Å². The van der Waals surface area contributed by atoms with Crippen molar-refractivity contribution in [2.24, 2.45) is 0 Å². The van der Waals surface area contributed by atoms with Gasteiger partial charge in [0.1, 0.15) is 0 Å². The third-order valence-electron chi connectivity index (χ3n) is 3.48. The maximum atomic E-state index is 12.2. The largest absolute Gasteiger partial charge is 0.396 e. The monoisotopic (exact) mass is 274 g/mol. The van der Waals surface area contributed by atoms with Gasteiger partial charge in [0.2, 0.25) is 0 Å². The van der Waals surface area contributed by atoms with Crippen molar-refractivity contribution in [3.63, 3.8) is 0 Å². The lowest BCUT2D eigenvalue weighted by Crippen LogP contribution is -2.51. The molecule has 0 bridgehead atoms. The number of aliphatic hydroxyl groups excluding tert-OH is 1. The molecule has 1 aliphatic rings. The van der Waals surface area contributed by atoms with Crippen LogP contribution in [-0.2, 0) is 0 Å². The molecule has 0 aromatic carbocycles. The van der Waals surface area contributed by atoms with E-state index < -0.39 is 0 Å². The Hall–Kier alpha value is -0.420. The number of piperidine rings is 1. The molecule has 0 saturated carbocycles. The number of carbonyl (C=O) groups is 1. The molecule has 0 spiro atoms. The van der Waals surface area contributed by atoms with Gasteiger partial charge < -0.3 is 15.3 Å². The molecule has 106 valence electrons. The minimum absolute atomic E-state index is 0.0433. The third-order valence-corrected chi connectivity index (χ3v) is 4.12. The summed E-state index contributed by atoms with van der Waals surface area (Å²) in [7, 11) is 0. The number of hydrogen-bond donors (Lipinski definition) is 2. The first-order valence-corrected chi connectivity index (χ1v) is 8.25. The van der Waals surface area contributed by atoms with E-state index in [1.807, 2.05) is 4.90 Å². The summed E-state index contributed by atoms with van der Waals surface area (Å²) in [5, 5.41) is 12.1. The van der Waals surface area contributed by atoms with Gasteiger partial charge in [-0.1, -0.05) is 0 Å². The highest BCUT2D eigenvalue weighted by Gasteiger charge is 2.26. The number of carbonyl (C=O) groups excluding carboxylic acids is 1. The molecule has 1 rings (SSSR count). The van der Waals surface area contributed by atoms with Crippen LogP contribution in [0.3, 0.4) is 0 Å². The highest BCUT2D eigenvalue weighted by molar-refractivity contribution is 7.98. The standard InChI is InChI=1S/C13H26N2O2S/c1-11(7-10-18-2)14-13(17)15-8-4-3-5-12(15)6-9-16/h11-12,16H,3-10H2,1-2H3,(H,14,17)/t11-,12+/m1/s1. The topological polar surface area (TPSA) is 52.6 Å². The van der Waals surface area contributed by atoms with Crippen LogP contribution in [0.15, 0.2) is 0 Å². The number of amides is 2. The van der Waals surface area contributed by atoms with E-state index in [1.165, 1.54) is 0 Å². The van der Waals surface area contributed by atoms with Crippen LogP contribution in [0.25, 0.3) is 0 Å². The first kappa shape index (κ1) is 15.6. The minimum Gasteiger partial charge on any atom is -0.396 e. The Bertz CT molecular complexity index is 249. The number of urea groups is 1. The van der Waals surface area contributed by atoms with Crippen molar-refractivity contribution in [2.45, 2.75) is 51.1 Å².